The second-order valence-corrected chi connectivity index (χ2v) is 7.24. The molecule has 0 aromatic carbocycles. The zero-order valence-electron chi connectivity index (χ0n) is 14.9. The predicted octanol–water partition coefficient (Wildman–Crippen LogP) is 2.38. The van der Waals surface area contributed by atoms with Crippen molar-refractivity contribution in [1.29, 1.82) is 0 Å². The van der Waals surface area contributed by atoms with Crippen LogP contribution in [0.2, 0.25) is 0 Å². The number of aryl methyl sites for hydroxylation is 1. The Bertz CT molecular complexity index is 655. The average Bonchev–Trinajstić information content (AvgIpc) is 3.09. The molecule has 5 nitrogen and oxygen atoms in total. The molecule has 0 saturated carbocycles. The molecule has 2 fully saturated rings. The van der Waals surface area contributed by atoms with Gasteiger partial charge in [0.1, 0.15) is 6.54 Å². The van der Waals surface area contributed by atoms with Gasteiger partial charge in [0, 0.05) is 36.9 Å². The van der Waals surface area contributed by atoms with Gasteiger partial charge < -0.3 is 10.2 Å². The lowest BCUT2D eigenvalue weighted by atomic mass is 9.89. The summed E-state index contributed by atoms with van der Waals surface area (Å²) in [6.07, 6.45) is -2.23. The third-order valence-electron chi connectivity index (χ3n) is 5.53. The van der Waals surface area contributed by atoms with Gasteiger partial charge in [0.05, 0.1) is 11.6 Å². The van der Waals surface area contributed by atoms with Crippen LogP contribution < -0.4 is 5.32 Å². The van der Waals surface area contributed by atoms with Crippen LogP contribution in [0.3, 0.4) is 0 Å². The lowest BCUT2D eigenvalue weighted by Gasteiger charge is -2.38. The van der Waals surface area contributed by atoms with Gasteiger partial charge in [0.25, 0.3) is 0 Å². The zero-order chi connectivity index (χ0) is 18.4. The van der Waals surface area contributed by atoms with E-state index in [4.69, 9.17) is 0 Å². The van der Waals surface area contributed by atoms with E-state index < -0.39 is 18.6 Å². The maximum absolute atomic E-state index is 13.1. The number of nitrogens with one attached hydrogen (secondary N) is 1. The fourth-order valence-corrected chi connectivity index (χ4v) is 4.38. The highest BCUT2D eigenvalue weighted by Crippen LogP contribution is 2.32. The smallest absolute Gasteiger partial charge is 0.338 e. The summed E-state index contributed by atoms with van der Waals surface area (Å²) in [6.45, 7) is 6.40. The Kier molecular flexibility index (Phi) is 4.83. The first-order chi connectivity index (χ1) is 11.7. The highest BCUT2D eigenvalue weighted by atomic mass is 19.4. The van der Waals surface area contributed by atoms with Gasteiger partial charge in [-0.05, 0) is 39.5 Å². The summed E-state index contributed by atoms with van der Waals surface area (Å²) in [5.74, 6) is -0.00228. The Morgan fingerprint density at radius 1 is 1.36 bits per heavy atom. The second kappa shape index (κ2) is 6.63. The first-order valence-corrected chi connectivity index (χ1v) is 8.81. The van der Waals surface area contributed by atoms with Crippen LogP contribution in [0.25, 0.3) is 0 Å². The molecule has 2 saturated heterocycles. The number of halogens is 3. The summed E-state index contributed by atoms with van der Waals surface area (Å²) in [6, 6.07) is 0.203. The normalized spacial score (nSPS) is 25.1. The van der Waals surface area contributed by atoms with Crippen LogP contribution in [-0.2, 0) is 11.3 Å². The first-order valence-electron chi connectivity index (χ1n) is 8.81. The standard InChI is InChI=1S/C17H25F3N4O/c1-10(15-11(2)22-24(12(15)3)9-17(18,19)20)16(25)23-6-4-5-13-7-21-8-14(13)23/h10,13-14,21H,4-9H2,1-3H3/t10?,13-,14+/m0/s1. The molecule has 140 valence electrons. The van der Waals surface area contributed by atoms with E-state index >= 15 is 0 Å². The van der Waals surface area contributed by atoms with Crippen molar-refractivity contribution >= 4 is 5.91 Å². The van der Waals surface area contributed by atoms with E-state index in [2.05, 4.69) is 10.4 Å². The molecule has 2 aliphatic heterocycles. The third-order valence-corrected chi connectivity index (χ3v) is 5.53. The molecule has 1 N–H and O–H groups in total. The van der Waals surface area contributed by atoms with Gasteiger partial charge in [0.2, 0.25) is 5.91 Å². The molecule has 8 heteroatoms. The summed E-state index contributed by atoms with van der Waals surface area (Å²) in [7, 11) is 0. The molecule has 3 rings (SSSR count). The number of rotatable bonds is 3. The number of aromatic nitrogens is 2. The van der Waals surface area contributed by atoms with E-state index in [0.29, 0.717) is 22.9 Å². The van der Waals surface area contributed by atoms with Crippen LogP contribution in [0, 0.1) is 19.8 Å². The number of piperidine rings is 1. The number of carbonyl (C=O) groups excluding carboxylic acids is 1. The Morgan fingerprint density at radius 3 is 2.76 bits per heavy atom. The SMILES string of the molecule is Cc1nn(CC(F)(F)F)c(C)c1C(C)C(=O)N1CCC[C@H]2CNC[C@H]21. The highest BCUT2D eigenvalue weighted by molar-refractivity contribution is 5.84. The highest BCUT2D eigenvalue weighted by Gasteiger charge is 2.40. The molecule has 0 bridgehead atoms. The predicted molar refractivity (Wildman–Crippen MR) is 87.3 cm³/mol. The Morgan fingerprint density at radius 2 is 2.08 bits per heavy atom. The number of fused-ring (bicyclic) bond motifs is 1. The van der Waals surface area contributed by atoms with Crippen molar-refractivity contribution in [3.63, 3.8) is 0 Å². The maximum Gasteiger partial charge on any atom is 0.408 e. The minimum absolute atomic E-state index is 0.00356. The van der Waals surface area contributed by atoms with Gasteiger partial charge in [-0.1, -0.05) is 0 Å². The minimum atomic E-state index is -4.33. The van der Waals surface area contributed by atoms with E-state index in [1.54, 1.807) is 20.8 Å². The van der Waals surface area contributed by atoms with Crippen molar-refractivity contribution in [1.82, 2.24) is 20.0 Å². The largest absolute Gasteiger partial charge is 0.408 e. The molecule has 1 unspecified atom stereocenters. The number of amides is 1. The topological polar surface area (TPSA) is 50.2 Å². The molecule has 0 spiro atoms. The van der Waals surface area contributed by atoms with Gasteiger partial charge in [-0.2, -0.15) is 18.3 Å². The van der Waals surface area contributed by atoms with Crippen molar-refractivity contribution in [2.75, 3.05) is 19.6 Å². The van der Waals surface area contributed by atoms with E-state index in [1.165, 1.54) is 0 Å². The summed E-state index contributed by atoms with van der Waals surface area (Å²) >= 11 is 0. The summed E-state index contributed by atoms with van der Waals surface area (Å²) in [5, 5.41) is 7.37. The van der Waals surface area contributed by atoms with E-state index in [9.17, 15) is 18.0 Å². The van der Waals surface area contributed by atoms with Crippen molar-refractivity contribution in [3.05, 3.63) is 17.0 Å². The number of likely N-dealkylation sites (tertiary alicyclic amines) is 1. The molecule has 0 radical (unpaired) electrons. The van der Waals surface area contributed by atoms with E-state index in [-0.39, 0.29) is 11.9 Å². The average molecular weight is 358 g/mol. The lowest BCUT2D eigenvalue weighted by Crippen LogP contribution is -2.49. The van der Waals surface area contributed by atoms with Gasteiger partial charge in [-0.25, -0.2) is 0 Å². The van der Waals surface area contributed by atoms with E-state index in [1.807, 2.05) is 4.90 Å². The lowest BCUT2D eigenvalue weighted by molar-refractivity contribution is -0.143. The number of hydrogen-bond acceptors (Lipinski definition) is 3. The molecule has 1 amide bonds. The second-order valence-electron chi connectivity index (χ2n) is 7.24. The maximum atomic E-state index is 13.1. The zero-order valence-corrected chi connectivity index (χ0v) is 14.9. The number of carbonyl (C=O) groups is 1. The Hall–Kier alpha value is -1.57. The summed E-state index contributed by atoms with van der Waals surface area (Å²) < 4.78 is 39.1. The van der Waals surface area contributed by atoms with Crippen molar-refractivity contribution in [3.8, 4) is 0 Å². The molecule has 3 heterocycles. The number of nitrogens with zero attached hydrogens (tertiary/aromatic N) is 3. The van der Waals surface area contributed by atoms with Crippen LogP contribution in [0.1, 0.15) is 42.6 Å². The first kappa shape index (κ1) is 18.2. The molecule has 1 aromatic heterocycles. The Balaban J connectivity index is 1.82. The van der Waals surface area contributed by atoms with Gasteiger partial charge >= 0.3 is 6.18 Å². The third kappa shape index (κ3) is 3.54. The van der Waals surface area contributed by atoms with E-state index in [0.717, 1.165) is 37.2 Å². The quantitative estimate of drug-likeness (QED) is 0.903. The molecule has 3 atom stereocenters. The van der Waals surface area contributed by atoms with Crippen LogP contribution in [-0.4, -0.2) is 52.4 Å². The van der Waals surface area contributed by atoms with Gasteiger partial charge in [-0.3, -0.25) is 9.48 Å². The number of alkyl halides is 3. The van der Waals surface area contributed by atoms with Crippen molar-refractivity contribution in [2.45, 2.75) is 58.3 Å². The molecule has 25 heavy (non-hydrogen) atoms. The van der Waals surface area contributed by atoms with Crippen LogP contribution in [0.4, 0.5) is 13.2 Å². The molecule has 2 aliphatic rings. The Labute approximate surface area is 145 Å². The van der Waals surface area contributed by atoms with Crippen LogP contribution in [0.15, 0.2) is 0 Å². The van der Waals surface area contributed by atoms with Crippen LogP contribution >= 0.6 is 0 Å². The molecule has 0 aliphatic carbocycles. The fourth-order valence-electron chi connectivity index (χ4n) is 4.38. The van der Waals surface area contributed by atoms with Gasteiger partial charge in [0.15, 0.2) is 0 Å². The number of hydrogen-bond donors (Lipinski definition) is 1. The van der Waals surface area contributed by atoms with Gasteiger partial charge in [-0.15, -0.1) is 0 Å². The molecular weight excluding hydrogens is 333 g/mol. The summed E-state index contributed by atoms with van der Waals surface area (Å²) in [4.78, 5) is 15.0. The van der Waals surface area contributed by atoms with Crippen molar-refractivity contribution < 1.29 is 18.0 Å². The molecule has 1 aromatic rings. The van der Waals surface area contributed by atoms with Crippen molar-refractivity contribution in [2.24, 2.45) is 5.92 Å². The fraction of sp³-hybridized carbons (Fsp3) is 0.765. The summed E-state index contributed by atoms with van der Waals surface area (Å²) in [5.41, 5.74) is 1.55. The molecular formula is C17H25F3N4O. The minimum Gasteiger partial charge on any atom is -0.338 e. The monoisotopic (exact) mass is 358 g/mol. The van der Waals surface area contributed by atoms with Crippen LogP contribution in [0.5, 0.6) is 0 Å².